The van der Waals surface area contributed by atoms with E-state index in [9.17, 15) is 0 Å². The third-order valence-corrected chi connectivity index (χ3v) is 7.94. The molecule has 0 aromatic heterocycles. The van der Waals surface area contributed by atoms with Gasteiger partial charge in [-0.2, -0.15) is 0 Å². The van der Waals surface area contributed by atoms with Crippen LogP contribution in [0, 0.1) is 11.8 Å². The molecule has 12 nitrogen and oxygen atoms in total. The first-order chi connectivity index (χ1) is 26.5. The van der Waals surface area contributed by atoms with Gasteiger partial charge in [-0.15, -0.1) is 30.9 Å². The second-order valence-electron chi connectivity index (χ2n) is 12.8. The Hall–Kier alpha value is -5.22. The molecule has 4 aromatic rings. The van der Waals surface area contributed by atoms with Gasteiger partial charge in [0.2, 0.25) is 10.3 Å². The van der Waals surface area contributed by atoms with E-state index in [2.05, 4.69) is 58.6 Å². The molecule has 0 saturated heterocycles. The molecule has 0 N–H and O–H groups in total. The van der Waals surface area contributed by atoms with Gasteiger partial charge >= 0.3 is 30.8 Å². The molecule has 19 heteroatoms. The smallest absolute Gasteiger partial charge is 0.509 e. The number of benzene rings is 4. The fourth-order valence-electron chi connectivity index (χ4n) is 5.13. The summed E-state index contributed by atoms with van der Waals surface area (Å²) < 4.78 is 64.4. The Morgan fingerprint density at radius 3 is 0.839 bits per heavy atom. The van der Waals surface area contributed by atoms with Crippen LogP contribution in [0.4, 0.5) is 8.63 Å². The van der Waals surface area contributed by atoms with Crippen molar-refractivity contribution in [3.63, 3.8) is 0 Å². The topological polar surface area (TPSA) is 130 Å². The molecule has 2 bridgehead atoms. The van der Waals surface area contributed by atoms with Crippen molar-refractivity contribution in [3.8, 4) is 0 Å². The number of hydrogen-bond donors (Lipinski definition) is 0. The van der Waals surface area contributed by atoms with E-state index in [-0.39, 0.29) is 39.6 Å². The molecule has 3 heterocycles. The summed E-state index contributed by atoms with van der Waals surface area (Å²) in [5.74, 6) is 1.75. The van der Waals surface area contributed by atoms with Gasteiger partial charge in [0.15, 0.2) is 0 Å². The van der Waals surface area contributed by atoms with Crippen LogP contribution >= 0.6 is 23.2 Å². The van der Waals surface area contributed by atoms with Crippen LogP contribution < -0.4 is 0 Å². The van der Waals surface area contributed by atoms with Crippen molar-refractivity contribution in [1.82, 2.24) is 0 Å². The molecule has 56 heavy (non-hydrogen) atoms. The maximum atomic E-state index is 16.7. The first-order valence-corrected chi connectivity index (χ1v) is 17.9. The normalized spacial score (nSPS) is 25.5. The minimum atomic E-state index is -4.60. The van der Waals surface area contributed by atoms with Crippen LogP contribution in [0.2, 0.25) is 0 Å². The molecule has 3 aliphatic heterocycles. The van der Waals surface area contributed by atoms with Gasteiger partial charge in [0.25, 0.3) is 0 Å². The van der Waals surface area contributed by atoms with Crippen molar-refractivity contribution in [2.24, 2.45) is 42.8 Å². The summed E-state index contributed by atoms with van der Waals surface area (Å²) >= 11 is 12.0. The van der Waals surface area contributed by atoms with Crippen LogP contribution in [0.5, 0.6) is 0 Å². The number of halogens is 4. The van der Waals surface area contributed by atoms with Crippen molar-refractivity contribution in [2.45, 2.75) is 34.1 Å². The summed E-state index contributed by atoms with van der Waals surface area (Å²) in [5, 5.41) is 21.1. The molecule has 0 amide bonds. The summed E-state index contributed by atoms with van der Waals surface area (Å²) in [7, 11) is -9.19. The Kier molecular flexibility index (Phi) is 16.0. The van der Waals surface area contributed by atoms with Crippen LogP contribution in [0.25, 0.3) is 0 Å². The Labute approximate surface area is 343 Å². The van der Waals surface area contributed by atoms with E-state index in [0.29, 0.717) is 22.3 Å². The molecular weight excluding hydrogens is 814 g/mol. The SMILES string of the molecule is CC(C)CC(C)C.F[B-]12O/N=C(Cl)/C(Cl)=N/O[B-](F)(O/N=C(c3ccccc3)/C(c3ccccc3)=N/O1)O/N=C(c1ccccc1)/C(c1ccccc1)=N/O2.[Co+2]. The average Bonchev–Trinajstić information content (AvgIpc) is 3.19. The molecule has 0 aliphatic carbocycles. The Morgan fingerprint density at radius 2 is 0.643 bits per heavy atom. The maximum Gasteiger partial charge on any atom is 2.00 e. The molecule has 4 aromatic carbocycles. The summed E-state index contributed by atoms with van der Waals surface area (Å²) in [4.78, 5) is 0. The molecule has 1 radical (unpaired) electrons. The molecule has 7 rings (SSSR count). The van der Waals surface area contributed by atoms with E-state index in [1.807, 2.05) is 0 Å². The Bertz CT molecular complexity index is 1810. The number of oxime groups is 6. The van der Waals surface area contributed by atoms with Gasteiger partial charge in [0, 0.05) is 22.3 Å². The summed E-state index contributed by atoms with van der Waals surface area (Å²) in [5.41, 5.74) is 0.566. The van der Waals surface area contributed by atoms with Gasteiger partial charge in [0.05, 0.1) is 0 Å². The van der Waals surface area contributed by atoms with E-state index in [1.54, 1.807) is 121 Å². The predicted molar refractivity (Wildman–Crippen MR) is 213 cm³/mol. The quantitative estimate of drug-likeness (QED) is 0.178. The van der Waals surface area contributed by atoms with Crippen molar-refractivity contribution < 1.29 is 53.9 Å². The minimum absolute atomic E-state index is 0. The van der Waals surface area contributed by atoms with Crippen molar-refractivity contribution >= 4 is 70.5 Å². The molecule has 0 spiro atoms. The van der Waals surface area contributed by atoms with Gasteiger partial charge in [0.1, 0.15) is 22.8 Å². The first-order valence-electron chi connectivity index (χ1n) is 17.2. The Balaban J connectivity index is 0.000000796. The van der Waals surface area contributed by atoms with Crippen molar-refractivity contribution in [3.05, 3.63) is 144 Å². The number of fused-ring (bicyclic) bond motifs is 9. The summed E-state index contributed by atoms with van der Waals surface area (Å²) in [6.07, 6.45) is 1.36. The minimum Gasteiger partial charge on any atom is -0.509 e. The molecule has 0 atom stereocenters. The van der Waals surface area contributed by atoms with Gasteiger partial charge in [-0.3, -0.25) is 0 Å². The van der Waals surface area contributed by atoms with Gasteiger partial charge in [-0.05, 0) is 18.3 Å². The van der Waals surface area contributed by atoms with E-state index >= 15 is 8.63 Å². The molecule has 0 fully saturated rings. The van der Waals surface area contributed by atoms with Crippen LogP contribution in [-0.2, 0) is 45.3 Å². The van der Waals surface area contributed by atoms with Crippen LogP contribution in [0.1, 0.15) is 56.4 Å². The summed E-state index contributed by atoms with van der Waals surface area (Å²) in [6, 6.07) is 33.0. The van der Waals surface area contributed by atoms with E-state index < -0.39 is 24.4 Å². The fraction of sp³-hybridized carbons (Fsp3) is 0.189. The molecule has 0 unspecified atom stereocenters. The molecule has 0 saturated carbocycles. The first kappa shape index (κ1) is 43.5. The number of rotatable bonds is 6. The van der Waals surface area contributed by atoms with Gasteiger partial charge < -0.3 is 37.2 Å². The van der Waals surface area contributed by atoms with Gasteiger partial charge in [-0.25, -0.2) is 0 Å². The van der Waals surface area contributed by atoms with Crippen LogP contribution in [0.3, 0.4) is 0 Å². The van der Waals surface area contributed by atoms with Crippen LogP contribution in [-0.4, -0.2) is 47.3 Å². The predicted octanol–water partition coefficient (Wildman–Crippen LogP) is 9.33. The van der Waals surface area contributed by atoms with Crippen molar-refractivity contribution in [2.75, 3.05) is 0 Å². The van der Waals surface area contributed by atoms with Gasteiger partial charge in [-0.1, -0.05) is 172 Å². The zero-order valence-corrected chi connectivity index (χ0v) is 33.1. The second kappa shape index (κ2) is 20.6. The number of nitrogens with zero attached hydrogens (tertiary/aromatic N) is 6. The monoisotopic (exact) mass is 849 g/mol. The zero-order valence-electron chi connectivity index (χ0n) is 30.5. The largest absolute Gasteiger partial charge is 2.00 e. The molecular formula is C37H36B2Cl2CoF2N6O6. The van der Waals surface area contributed by atoms with E-state index in [0.717, 1.165) is 11.8 Å². The third kappa shape index (κ3) is 12.4. The van der Waals surface area contributed by atoms with E-state index in [1.165, 1.54) is 6.42 Å². The van der Waals surface area contributed by atoms with E-state index in [4.69, 9.17) is 51.7 Å². The summed E-state index contributed by atoms with van der Waals surface area (Å²) in [6.45, 7) is 9.06. The maximum absolute atomic E-state index is 16.7. The van der Waals surface area contributed by atoms with Crippen molar-refractivity contribution in [1.29, 1.82) is 0 Å². The third-order valence-electron chi connectivity index (χ3n) is 7.35. The Morgan fingerprint density at radius 1 is 0.429 bits per heavy atom. The standard InChI is InChI=1S/C30H20B2Cl2F2N6O6.C7H16.Co/c33-29-30(34)42-48-32(36)44-38-26(22-15-7-2-8-16-22)25(21-13-5-1-6-14-21)37-43-31(35,47-41-29)45-39-27(23-17-9-3-10-18-23)28(40-46-32)24-19-11-4-12-20-24;1-6(2)5-7(3)4;/h1-20H;6-7H,5H2,1-4H3;/q-2;;+2/b37-25+,38-26+,39-27+,40-28+,41-29-,42-30-;;. The number of hydrogen-bond acceptors (Lipinski definition) is 12. The van der Waals surface area contributed by atoms with Crippen LogP contribution in [0.15, 0.2) is 152 Å². The molecule has 293 valence electrons. The molecule has 3 aliphatic rings. The fourth-order valence-corrected chi connectivity index (χ4v) is 5.28. The zero-order chi connectivity index (χ0) is 39.3. The average molecular weight is 850 g/mol. The second-order valence-corrected chi connectivity index (χ2v) is 13.5.